The molecule has 70 valence electrons. The molecule has 0 aliphatic carbocycles. The Kier molecular flexibility index (Phi) is 2.98. The average molecular weight is 203 g/mol. The fraction of sp³-hybridized carbons (Fsp3) is 0. The lowest BCUT2D eigenvalue weighted by molar-refractivity contribution is 0.344. The van der Waals surface area contributed by atoms with Crippen molar-refractivity contribution < 1.29 is 18.7 Å². The Morgan fingerprint density at radius 1 is 1.38 bits per heavy atom. The van der Waals surface area contributed by atoms with Crippen LogP contribution in [0.5, 0.6) is 5.75 Å². The van der Waals surface area contributed by atoms with Crippen molar-refractivity contribution in [2.75, 3.05) is 0 Å². The molecule has 0 amide bonds. The Hall–Kier alpha value is -0.960. The van der Waals surface area contributed by atoms with Crippen LogP contribution in [0, 0.1) is 5.82 Å². The van der Waals surface area contributed by atoms with Crippen LogP contribution < -0.4 is 4.52 Å². The van der Waals surface area contributed by atoms with Crippen LogP contribution in [0.3, 0.4) is 0 Å². The maximum Gasteiger partial charge on any atom is 0.479 e. The fourth-order valence-electron chi connectivity index (χ4n) is 0.701. The van der Waals surface area contributed by atoms with Crippen molar-refractivity contribution in [2.24, 2.45) is 0 Å². The Morgan fingerprint density at radius 3 is 2.54 bits per heavy atom. The van der Waals surface area contributed by atoms with Crippen LogP contribution in [0.1, 0.15) is 0 Å². The van der Waals surface area contributed by atoms with Crippen molar-refractivity contribution in [3.05, 3.63) is 42.5 Å². The van der Waals surface area contributed by atoms with Gasteiger partial charge in [-0.3, -0.25) is 4.52 Å². The predicted octanol–water partition coefficient (Wildman–Crippen LogP) is 2.10. The molecule has 0 radical (unpaired) electrons. The summed E-state index contributed by atoms with van der Waals surface area (Å²) in [6, 6.07) is 5.48. The number of benzene rings is 1. The highest BCUT2D eigenvalue weighted by molar-refractivity contribution is 7.63. The lowest BCUT2D eigenvalue weighted by atomic mass is 10.3. The van der Waals surface area contributed by atoms with Gasteiger partial charge in [0.05, 0.1) is 0 Å². The highest BCUT2D eigenvalue weighted by atomic mass is 31.2. The average Bonchev–Trinajstić information content (AvgIpc) is 2.09. The Balaban J connectivity index is 2.86. The summed E-state index contributed by atoms with van der Waals surface area (Å²) in [5.74, 6) is 0.0250. The van der Waals surface area contributed by atoms with Crippen molar-refractivity contribution in [1.29, 1.82) is 0 Å². The topological polar surface area (TPSA) is 49.7 Å². The quantitative estimate of drug-likeness (QED) is 0.739. The van der Waals surface area contributed by atoms with Gasteiger partial charge in [0.1, 0.15) is 5.82 Å². The maximum atomic E-state index is 12.9. The molecule has 5 heteroatoms. The highest BCUT2D eigenvalue weighted by Gasteiger charge is 2.33. The molecule has 0 fully saturated rings. The van der Waals surface area contributed by atoms with E-state index in [1.807, 2.05) is 0 Å². The SMILES string of the molecule is C=C[P+](O)(O)Oc1ccccc1F. The minimum absolute atomic E-state index is 0.194. The Bertz CT molecular complexity index is 314. The lowest BCUT2D eigenvalue weighted by Crippen LogP contribution is -1.97. The van der Waals surface area contributed by atoms with E-state index in [9.17, 15) is 4.39 Å². The molecule has 0 bridgehead atoms. The van der Waals surface area contributed by atoms with Gasteiger partial charge in [-0.05, 0) is 12.1 Å². The molecule has 0 saturated carbocycles. The monoisotopic (exact) mass is 203 g/mol. The van der Waals surface area contributed by atoms with Crippen molar-refractivity contribution in [1.82, 2.24) is 0 Å². The molecule has 0 aliphatic heterocycles. The third-order valence-corrected chi connectivity index (χ3v) is 2.25. The second kappa shape index (κ2) is 3.83. The molecule has 13 heavy (non-hydrogen) atoms. The molecule has 3 nitrogen and oxygen atoms in total. The van der Waals surface area contributed by atoms with Crippen LogP contribution in [-0.4, -0.2) is 9.79 Å². The lowest BCUT2D eigenvalue weighted by Gasteiger charge is -2.07. The van der Waals surface area contributed by atoms with Gasteiger partial charge in [-0.25, -0.2) is 4.39 Å². The van der Waals surface area contributed by atoms with E-state index in [1.165, 1.54) is 24.3 Å². The number of hydrogen-bond donors (Lipinski definition) is 2. The third kappa shape index (κ3) is 2.77. The van der Waals surface area contributed by atoms with Gasteiger partial charge in [-0.2, -0.15) is 9.79 Å². The van der Waals surface area contributed by atoms with Gasteiger partial charge < -0.3 is 0 Å². The molecule has 0 spiro atoms. The van der Waals surface area contributed by atoms with Gasteiger partial charge in [-0.15, -0.1) is 0 Å². The zero-order valence-corrected chi connectivity index (χ0v) is 7.62. The minimum atomic E-state index is -3.65. The second-order valence-electron chi connectivity index (χ2n) is 2.29. The van der Waals surface area contributed by atoms with Gasteiger partial charge in [0.2, 0.25) is 5.75 Å². The first kappa shape index (κ1) is 10.1. The van der Waals surface area contributed by atoms with Gasteiger partial charge in [-0.1, -0.05) is 18.7 Å². The largest absolute Gasteiger partial charge is 0.479 e. The summed E-state index contributed by atoms with van der Waals surface area (Å²) in [5.41, 5.74) is 0. The molecule has 0 aromatic heterocycles. The Labute approximate surface area is 75.7 Å². The molecule has 0 heterocycles. The van der Waals surface area contributed by atoms with Gasteiger partial charge in [0.15, 0.2) is 5.82 Å². The molecular weight excluding hydrogens is 194 g/mol. The van der Waals surface area contributed by atoms with Crippen LogP contribution in [0.2, 0.25) is 0 Å². The van der Waals surface area contributed by atoms with Crippen molar-refractivity contribution in [3.8, 4) is 5.75 Å². The van der Waals surface area contributed by atoms with Gasteiger partial charge in [0, 0.05) is 0 Å². The molecule has 1 aromatic carbocycles. The van der Waals surface area contributed by atoms with E-state index in [1.54, 1.807) is 0 Å². The van der Waals surface area contributed by atoms with E-state index in [0.717, 1.165) is 5.82 Å². The van der Waals surface area contributed by atoms with E-state index in [4.69, 9.17) is 9.79 Å². The Morgan fingerprint density at radius 2 is 2.00 bits per heavy atom. The van der Waals surface area contributed by atoms with Crippen LogP contribution >= 0.6 is 7.94 Å². The normalized spacial score (nSPS) is 11.0. The van der Waals surface area contributed by atoms with Crippen LogP contribution in [-0.2, 0) is 0 Å². The summed E-state index contributed by atoms with van der Waals surface area (Å²) < 4.78 is 17.5. The van der Waals surface area contributed by atoms with E-state index >= 15 is 0 Å². The first-order chi connectivity index (χ1) is 6.05. The number of para-hydroxylation sites is 1. The summed E-state index contributed by atoms with van der Waals surface area (Å²) >= 11 is 0. The third-order valence-electron chi connectivity index (χ3n) is 1.31. The summed E-state index contributed by atoms with van der Waals surface area (Å²) in [4.78, 5) is 18.1. The summed E-state index contributed by atoms with van der Waals surface area (Å²) in [5, 5.41) is 0. The van der Waals surface area contributed by atoms with E-state index in [0.29, 0.717) is 0 Å². The van der Waals surface area contributed by atoms with Gasteiger partial charge in [0.25, 0.3) is 0 Å². The van der Waals surface area contributed by atoms with Crippen LogP contribution in [0.4, 0.5) is 4.39 Å². The zero-order valence-electron chi connectivity index (χ0n) is 6.72. The van der Waals surface area contributed by atoms with E-state index in [2.05, 4.69) is 11.1 Å². The molecule has 0 aliphatic rings. The second-order valence-corrected chi connectivity index (χ2v) is 4.02. The molecule has 2 N–H and O–H groups in total. The van der Waals surface area contributed by atoms with Crippen molar-refractivity contribution in [3.63, 3.8) is 0 Å². The number of hydrogen-bond acceptors (Lipinski definition) is 3. The van der Waals surface area contributed by atoms with Crippen LogP contribution in [0.15, 0.2) is 36.7 Å². The maximum absolute atomic E-state index is 12.9. The smallest absolute Gasteiger partial charge is 0.279 e. The first-order valence-corrected chi connectivity index (χ1v) is 5.15. The predicted molar refractivity (Wildman–Crippen MR) is 48.6 cm³/mol. The fourth-order valence-corrected chi connectivity index (χ4v) is 1.21. The molecule has 0 saturated heterocycles. The summed E-state index contributed by atoms with van der Waals surface area (Å²) in [6.07, 6.45) is 0. The van der Waals surface area contributed by atoms with E-state index in [-0.39, 0.29) is 5.75 Å². The molecular formula is C8H9FO3P+. The number of halogens is 1. The van der Waals surface area contributed by atoms with Crippen molar-refractivity contribution >= 4 is 7.94 Å². The van der Waals surface area contributed by atoms with Crippen LogP contribution in [0.25, 0.3) is 0 Å². The van der Waals surface area contributed by atoms with Gasteiger partial charge >= 0.3 is 7.94 Å². The standard InChI is InChI=1S/C8H9FO3P/c1-2-13(10,11)12-8-6-4-3-5-7(8)9/h2-6,10-11H,1H2/q+1. The molecule has 1 rings (SSSR count). The first-order valence-electron chi connectivity index (χ1n) is 3.47. The summed E-state index contributed by atoms with van der Waals surface area (Å²) in [7, 11) is -3.65. The molecule has 0 unspecified atom stereocenters. The van der Waals surface area contributed by atoms with Crippen molar-refractivity contribution in [2.45, 2.75) is 0 Å². The highest BCUT2D eigenvalue weighted by Crippen LogP contribution is 2.52. The molecule has 1 aromatic rings. The number of rotatable bonds is 3. The summed E-state index contributed by atoms with van der Waals surface area (Å²) in [6.45, 7) is 3.16. The molecule has 0 atom stereocenters. The zero-order chi connectivity index (χ0) is 9.90. The minimum Gasteiger partial charge on any atom is -0.279 e. The van der Waals surface area contributed by atoms with E-state index < -0.39 is 13.8 Å².